The molecule has 0 spiro atoms. The summed E-state index contributed by atoms with van der Waals surface area (Å²) in [6, 6.07) is 2.33. The molecule has 1 saturated carbocycles. The lowest BCUT2D eigenvalue weighted by Gasteiger charge is -2.16. The Morgan fingerprint density at radius 3 is 2.94 bits per heavy atom. The van der Waals surface area contributed by atoms with Crippen molar-refractivity contribution >= 4 is 29.9 Å². The van der Waals surface area contributed by atoms with Gasteiger partial charge in [-0.15, -0.1) is 0 Å². The van der Waals surface area contributed by atoms with Gasteiger partial charge in [0.2, 0.25) is 5.91 Å². The van der Waals surface area contributed by atoms with Gasteiger partial charge < -0.3 is 5.32 Å². The average Bonchev–Trinajstić information content (AvgIpc) is 2.85. The third-order valence-electron chi connectivity index (χ3n) is 3.36. The van der Waals surface area contributed by atoms with Gasteiger partial charge in [0.05, 0.1) is 0 Å². The molecule has 1 N–H and O–H groups in total. The molecular formula is C13H19NOS2. The summed E-state index contributed by atoms with van der Waals surface area (Å²) in [6.07, 6.45) is 3.87. The first-order chi connectivity index (χ1) is 8.13. The van der Waals surface area contributed by atoms with Crippen LogP contribution in [0.25, 0.3) is 0 Å². The van der Waals surface area contributed by atoms with Crippen molar-refractivity contribution < 1.29 is 4.79 Å². The van der Waals surface area contributed by atoms with Crippen molar-refractivity contribution in [2.24, 2.45) is 5.41 Å². The van der Waals surface area contributed by atoms with Crippen LogP contribution in [0.1, 0.15) is 31.7 Å². The molecule has 1 atom stereocenters. The van der Waals surface area contributed by atoms with Crippen LogP contribution < -0.4 is 5.32 Å². The summed E-state index contributed by atoms with van der Waals surface area (Å²) in [7, 11) is 0. The number of hydrogen-bond donors (Lipinski definition) is 2. The van der Waals surface area contributed by atoms with Gasteiger partial charge in [0.1, 0.15) is 0 Å². The Kier molecular flexibility index (Phi) is 4.15. The Morgan fingerprint density at radius 2 is 2.41 bits per heavy atom. The molecule has 1 fully saturated rings. The maximum Gasteiger partial charge on any atom is 0.220 e. The SMILES string of the molecule is CC(Cc1ccsc1)NC(=O)CC1(CS)CC1. The number of amides is 1. The maximum absolute atomic E-state index is 11.9. The minimum atomic E-state index is 0.180. The van der Waals surface area contributed by atoms with Crippen molar-refractivity contribution in [1.82, 2.24) is 5.32 Å². The normalized spacial score (nSPS) is 18.7. The van der Waals surface area contributed by atoms with Crippen LogP contribution in [0.5, 0.6) is 0 Å². The van der Waals surface area contributed by atoms with Crippen LogP contribution in [0.3, 0.4) is 0 Å². The number of thiophene rings is 1. The van der Waals surface area contributed by atoms with Crippen LogP contribution in [0, 0.1) is 5.41 Å². The highest BCUT2D eigenvalue weighted by atomic mass is 32.1. The third kappa shape index (κ3) is 3.75. The zero-order valence-corrected chi connectivity index (χ0v) is 11.8. The van der Waals surface area contributed by atoms with Gasteiger partial charge in [-0.2, -0.15) is 24.0 Å². The second kappa shape index (κ2) is 5.44. The van der Waals surface area contributed by atoms with E-state index in [-0.39, 0.29) is 17.4 Å². The minimum absolute atomic E-state index is 0.180. The van der Waals surface area contributed by atoms with Crippen molar-refractivity contribution in [3.05, 3.63) is 22.4 Å². The molecule has 2 rings (SSSR count). The molecule has 2 nitrogen and oxygen atoms in total. The van der Waals surface area contributed by atoms with Crippen molar-refractivity contribution in [3.8, 4) is 0 Å². The Bertz CT molecular complexity index is 371. The van der Waals surface area contributed by atoms with E-state index in [1.165, 1.54) is 5.56 Å². The second-order valence-electron chi connectivity index (χ2n) is 5.14. The zero-order valence-electron chi connectivity index (χ0n) is 10.1. The van der Waals surface area contributed by atoms with Gasteiger partial charge in [-0.3, -0.25) is 4.79 Å². The predicted molar refractivity (Wildman–Crippen MR) is 75.8 cm³/mol. The highest BCUT2D eigenvalue weighted by Crippen LogP contribution is 2.49. The first-order valence-corrected chi connectivity index (χ1v) is 7.62. The third-order valence-corrected chi connectivity index (χ3v) is 4.76. The van der Waals surface area contributed by atoms with Crippen LogP contribution >= 0.6 is 24.0 Å². The highest BCUT2D eigenvalue weighted by molar-refractivity contribution is 7.80. The Morgan fingerprint density at radius 1 is 1.65 bits per heavy atom. The van der Waals surface area contributed by atoms with E-state index >= 15 is 0 Å². The molecule has 1 aromatic heterocycles. The zero-order chi connectivity index (χ0) is 12.3. The Hall–Kier alpha value is -0.480. The van der Waals surface area contributed by atoms with Gasteiger partial charge in [0.25, 0.3) is 0 Å². The largest absolute Gasteiger partial charge is 0.353 e. The average molecular weight is 269 g/mol. The molecular weight excluding hydrogens is 250 g/mol. The molecule has 1 unspecified atom stereocenters. The summed E-state index contributed by atoms with van der Waals surface area (Å²) in [5.74, 6) is 1.01. The number of carbonyl (C=O) groups is 1. The van der Waals surface area contributed by atoms with Gasteiger partial charge in [-0.25, -0.2) is 0 Å². The fourth-order valence-electron chi connectivity index (χ4n) is 2.05. The Balaban J connectivity index is 1.74. The standard InChI is InChI=1S/C13H19NOS2/c1-10(6-11-2-5-17-8-11)14-12(15)7-13(9-16)3-4-13/h2,5,8,10,16H,3-4,6-7,9H2,1H3,(H,14,15). The van der Waals surface area contributed by atoms with Crippen molar-refractivity contribution in [2.75, 3.05) is 5.75 Å². The molecule has 1 aliphatic carbocycles. The number of hydrogen-bond acceptors (Lipinski definition) is 3. The van der Waals surface area contributed by atoms with Crippen LogP contribution in [0.4, 0.5) is 0 Å². The molecule has 17 heavy (non-hydrogen) atoms. The number of carbonyl (C=O) groups excluding carboxylic acids is 1. The van der Waals surface area contributed by atoms with E-state index in [1.807, 2.05) is 0 Å². The molecule has 1 heterocycles. The lowest BCUT2D eigenvalue weighted by atomic mass is 10.0. The summed E-state index contributed by atoms with van der Waals surface area (Å²) in [5.41, 5.74) is 1.52. The van der Waals surface area contributed by atoms with Crippen LogP contribution in [-0.2, 0) is 11.2 Å². The fraction of sp³-hybridized carbons (Fsp3) is 0.615. The molecule has 1 amide bonds. The van der Waals surface area contributed by atoms with Crippen LogP contribution in [0.2, 0.25) is 0 Å². The monoisotopic (exact) mass is 269 g/mol. The number of nitrogens with one attached hydrogen (secondary N) is 1. The van der Waals surface area contributed by atoms with E-state index in [9.17, 15) is 4.79 Å². The van der Waals surface area contributed by atoms with Crippen molar-refractivity contribution in [3.63, 3.8) is 0 Å². The molecule has 0 radical (unpaired) electrons. The van der Waals surface area contributed by atoms with Gasteiger partial charge in [0.15, 0.2) is 0 Å². The molecule has 1 aliphatic rings. The molecule has 0 aliphatic heterocycles. The molecule has 1 aromatic rings. The summed E-state index contributed by atoms with van der Waals surface area (Å²) in [6.45, 7) is 2.07. The van der Waals surface area contributed by atoms with E-state index in [4.69, 9.17) is 0 Å². The van der Waals surface area contributed by atoms with Gasteiger partial charge in [0, 0.05) is 12.5 Å². The number of thiol groups is 1. The lowest BCUT2D eigenvalue weighted by Crippen LogP contribution is -2.35. The van der Waals surface area contributed by atoms with Crippen molar-refractivity contribution in [2.45, 2.75) is 38.6 Å². The van der Waals surface area contributed by atoms with Crippen molar-refractivity contribution in [1.29, 1.82) is 0 Å². The van der Waals surface area contributed by atoms with Gasteiger partial charge in [-0.1, -0.05) is 0 Å². The van der Waals surface area contributed by atoms with E-state index in [1.54, 1.807) is 11.3 Å². The Labute approximate surface area is 112 Å². The first-order valence-electron chi connectivity index (χ1n) is 6.05. The summed E-state index contributed by atoms with van der Waals surface area (Å²) >= 11 is 6.02. The van der Waals surface area contributed by atoms with E-state index in [0.717, 1.165) is 25.0 Å². The van der Waals surface area contributed by atoms with E-state index < -0.39 is 0 Å². The van der Waals surface area contributed by atoms with Gasteiger partial charge >= 0.3 is 0 Å². The smallest absolute Gasteiger partial charge is 0.220 e. The maximum atomic E-state index is 11.9. The highest BCUT2D eigenvalue weighted by Gasteiger charge is 2.42. The van der Waals surface area contributed by atoms with Gasteiger partial charge in [-0.05, 0) is 59.7 Å². The molecule has 94 valence electrons. The quantitative estimate of drug-likeness (QED) is 0.764. The predicted octanol–water partition coefficient (Wildman–Crippen LogP) is 2.90. The lowest BCUT2D eigenvalue weighted by molar-refractivity contribution is -0.122. The van der Waals surface area contributed by atoms with Crippen LogP contribution in [0.15, 0.2) is 16.8 Å². The summed E-state index contributed by atoms with van der Waals surface area (Å²) in [4.78, 5) is 11.9. The van der Waals surface area contributed by atoms with Crippen LogP contribution in [-0.4, -0.2) is 17.7 Å². The van der Waals surface area contributed by atoms with E-state index in [2.05, 4.69) is 41.7 Å². The number of rotatable bonds is 6. The molecule has 0 aromatic carbocycles. The minimum Gasteiger partial charge on any atom is -0.353 e. The van der Waals surface area contributed by atoms with E-state index in [0.29, 0.717) is 6.42 Å². The summed E-state index contributed by atoms with van der Waals surface area (Å²) in [5, 5.41) is 7.29. The second-order valence-corrected chi connectivity index (χ2v) is 6.24. The first kappa shape index (κ1) is 13.0. The molecule has 4 heteroatoms. The topological polar surface area (TPSA) is 29.1 Å². The molecule has 0 bridgehead atoms. The fourth-order valence-corrected chi connectivity index (χ4v) is 3.16. The summed E-state index contributed by atoms with van der Waals surface area (Å²) < 4.78 is 0. The molecule has 0 saturated heterocycles.